The Balaban J connectivity index is 2.54. The SMILES string of the molecule is CCn1[nH]c(=O)c2c1CCCC2. The summed E-state index contributed by atoms with van der Waals surface area (Å²) in [6.07, 6.45) is 4.44. The number of nitrogens with one attached hydrogen (secondary N) is 1. The van der Waals surface area contributed by atoms with Gasteiger partial charge in [0.1, 0.15) is 0 Å². The zero-order valence-corrected chi connectivity index (χ0v) is 7.39. The third-order valence-corrected chi connectivity index (χ3v) is 2.59. The molecule has 0 unspecified atom stereocenters. The fourth-order valence-electron chi connectivity index (χ4n) is 1.96. The van der Waals surface area contributed by atoms with Gasteiger partial charge in [-0.25, -0.2) is 0 Å². The van der Waals surface area contributed by atoms with E-state index in [2.05, 4.69) is 12.0 Å². The van der Waals surface area contributed by atoms with Crippen molar-refractivity contribution in [3.8, 4) is 0 Å². The van der Waals surface area contributed by atoms with Gasteiger partial charge in [-0.15, -0.1) is 0 Å². The summed E-state index contributed by atoms with van der Waals surface area (Å²) in [5.41, 5.74) is 2.41. The lowest BCUT2D eigenvalue weighted by molar-refractivity contribution is 0.580. The number of aromatic nitrogens is 2. The zero-order chi connectivity index (χ0) is 8.55. The van der Waals surface area contributed by atoms with E-state index in [1.165, 1.54) is 18.5 Å². The Labute approximate surface area is 71.4 Å². The summed E-state index contributed by atoms with van der Waals surface area (Å²) in [5, 5.41) is 2.87. The smallest absolute Gasteiger partial charge is 0.267 e. The van der Waals surface area contributed by atoms with E-state index in [-0.39, 0.29) is 5.56 Å². The highest BCUT2D eigenvalue weighted by Crippen LogP contribution is 2.17. The Kier molecular flexibility index (Phi) is 1.79. The predicted octanol–water partition coefficient (Wildman–Crippen LogP) is 1.08. The van der Waals surface area contributed by atoms with Crippen LogP contribution < -0.4 is 5.56 Å². The Hall–Kier alpha value is -0.990. The van der Waals surface area contributed by atoms with Crippen LogP contribution in [0.1, 0.15) is 31.0 Å². The first-order valence-electron chi connectivity index (χ1n) is 4.63. The van der Waals surface area contributed by atoms with Gasteiger partial charge in [0.05, 0.1) is 0 Å². The van der Waals surface area contributed by atoms with Crippen LogP contribution in [0.15, 0.2) is 4.79 Å². The van der Waals surface area contributed by atoms with Crippen molar-refractivity contribution >= 4 is 0 Å². The second kappa shape index (κ2) is 2.81. The second-order valence-corrected chi connectivity index (χ2v) is 3.32. The van der Waals surface area contributed by atoms with Gasteiger partial charge in [0.15, 0.2) is 0 Å². The molecule has 0 aliphatic heterocycles. The van der Waals surface area contributed by atoms with Gasteiger partial charge in [-0.2, -0.15) is 0 Å². The summed E-state index contributed by atoms with van der Waals surface area (Å²) < 4.78 is 1.98. The first-order valence-corrected chi connectivity index (χ1v) is 4.63. The molecule has 3 nitrogen and oxygen atoms in total. The average molecular weight is 166 g/mol. The summed E-state index contributed by atoms with van der Waals surface area (Å²) in [5.74, 6) is 0. The zero-order valence-electron chi connectivity index (χ0n) is 7.39. The van der Waals surface area contributed by atoms with Gasteiger partial charge in [-0.05, 0) is 32.6 Å². The van der Waals surface area contributed by atoms with Crippen molar-refractivity contribution < 1.29 is 0 Å². The van der Waals surface area contributed by atoms with E-state index >= 15 is 0 Å². The minimum absolute atomic E-state index is 0.131. The average Bonchev–Trinajstić information content (AvgIpc) is 2.44. The molecule has 3 heteroatoms. The number of H-pyrrole nitrogens is 1. The first-order chi connectivity index (χ1) is 5.83. The van der Waals surface area contributed by atoms with Crippen molar-refractivity contribution in [1.29, 1.82) is 0 Å². The minimum Gasteiger partial charge on any atom is -0.289 e. The molecule has 0 amide bonds. The molecule has 0 atom stereocenters. The molecule has 12 heavy (non-hydrogen) atoms. The van der Waals surface area contributed by atoms with E-state index in [1.807, 2.05) is 4.68 Å². The molecule has 2 rings (SSSR count). The van der Waals surface area contributed by atoms with Crippen LogP contribution in [-0.4, -0.2) is 9.78 Å². The molecule has 0 spiro atoms. The fraction of sp³-hybridized carbons (Fsp3) is 0.667. The van der Waals surface area contributed by atoms with Crippen molar-refractivity contribution in [3.05, 3.63) is 21.6 Å². The highest BCUT2D eigenvalue weighted by molar-refractivity contribution is 5.20. The van der Waals surface area contributed by atoms with Crippen molar-refractivity contribution in [1.82, 2.24) is 9.78 Å². The molecule has 66 valence electrons. The van der Waals surface area contributed by atoms with Crippen LogP contribution in [0.25, 0.3) is 0 Å². The predicted molar refractivity (Wildman–Crippen MR) is 47.4 cm³/mol. The third kappa shape index (κ3) is 1.00. The Bertz CT molecular complexity index is 335. The number of aryl methyl sites for hydroxylation is 1. The van der Waals surface area contributed by atoms with Crippen molar-refractivity contribution in [3.63, 3.8) is 0 Å². The highest BCUT2D eigenvalue weighted by Gasteiger charge is 2.16. The lowest BCUT2D eigenvalue weighted by atomic mass is 9.98. The Morgan fingerprint density at radius 2 is 2.17 bits per heavy atom. The standard InChI is InChI=1S/C9H14N2O/c1-2-11-8-6-4-3-5-7(8)9(12)10-11/h2-6H2,1H3,(H,10,12). The van der Waals surface area contributed by atoms with Crippen LogP contribution >= 0.6 is 0 Å². The summed E-state index contributed by atoms with van der Waals surface area (Å²) in [7, 11) is 0. The lowest BCUT2D eigenvalue weighted by Crippen LogP contribution is -2.10. The molecule has 1 heterocycles. The Morgan fingerprint density at radius 3 is 2.92 bits per heavy atom. The molecule has 1 aromatic rings. The summed E-state index contributed by atoms with van der Waals surface area (Å²) >= 11 is 0. The number of hydrogen-bond donors (Lipinski definition) is 1. The van der Waals surface area contributed by atoms with E-state index in [1.54, 1.807) is 0 Å². The molecule has 0 saturated carbocycles. The molecule has 0 radical (unpaired) electrons. The lowest BCUT2D eigenvalue weighted by Gasteiger charge is -2.11. The number of rotatable bonds is 1. The normalized spacial score (nSPS) is 16.1. The van der Waals surface area contributed by atoms with Gasteiger partial charge in [0.25, 0.3) is 5.56 Å². The molecule has 1 N–H and O–H groups in total. The van der Waals surface area contributed by atoms with Crippen LogP contribution in [0.4, 0.5) is 0 Å². The van der Waals surface area contributed by atoms with Crippen LogP contribution in [-0.2, 0) is 19.4 Å². The van der Waals surface area contributed by atoms with E-state index in [0.29, 0.717) is 0 Å². The van der Waals surface area contributed by atoms with Gasteiger partial charge >= 0.3 is 0 Å². The maximum absolute atomic E-state index is 11.4. The van der Waals surface area contributed by atoms with Gasteiger partial charge in [-0.3, -0.25) is 14.6 Å². The fourth-order valence-corrected chi connectivity index (χ4v) is 1.96. The van der Waals surface area contributed by atoms with Crippen molar-refractivity contribution in [2.45, 2.75) is 39.2 Å². The van der Waals surface area contributed by atoms with Crippen molar-refractivity contribution in [2.75, 3.05) is 0 Å². The molecular weight excluding hydrogens is 152 g/mol. The van der Waals surface area contributed by atoms with E-state index in [4.69, 9.17) is 0 Å². The maximum Gasteiger partial charge on any atom is 0.267 e. The molecule has 1 aromatic heterocycles. The number of nitrogens with zero attached hydrogens (tertiary/aromatic N) is 1. The molecule has 0 bridgehead atoms. The van der Waals surface area contributed by atoms with Gasteiger partial charge in [0.2, 0.25) is 0 Å². The molecule has 0 aromatic carbocycles. The third-order valence-electron chi connectivity index (χ3n) is 2.59. The topological polar surface area (TPSA) is 37.8 Å². The molecule has 1 aliphatic carbocycles. The van der Waals surface area contributed by atoms with Crippen molar-refractivity contribution in [2.24, 2.45) is 0 Å². The minimum atomic E-state index is 0.131. The quantitative estimate of drug-likeness (QED) is 0.666. The largest absolute Gasteiger partial charge is 0.289 e. The first kappa shape index (κ1) is 7.65. The monoisotopic (exact) mass is 166 g/mol. The molecular formula is C9H14N2O. The molecule has 0 fully saturated rings. The number of aromatic amines is 1. The molecule has 1 aliphatic rings. The highest BCUT2D eigenvalue weighted by atomic mass is 16.1. The van der Waals surface area contributed by atoms with Crippen LogP contribution in [0, 0.1) is 0 Å². The summed E-state index contributed by atoms with van der Waals surface area (Å²) in [6, 6.07) is 0. The van der Waals surface area contributed by atoms with Crippen LogP contribution in [0.3, 0.4) is 0 Å². The molecule has 0 saturated heterocycles. The van der Waals surface area contributed by atoms with E-state index in [0.717, 1.165) is 24.9 Å². The maximum atomic E-state index is 11.4. The van der Waals surface area contributed by atoms with Gasteiger partial charge in [-0.1, -0.05) is 0 Å². The van der Waals surface area contributed by atoms with Gasteiger partial charge < -0.3 is 0 Å². The Morgan fingerprint density at radius 1 is 1.42 bits per heavy atom. The number of fused-ring (bicyclic) bond motifs is 1. The van der Waals surface area contributed by atoms with E-state index < -0.39 is 0 Å². The summed E-state index contributed by atoms with van der Waals surface area (Å²) in [6.45, 7) is 2.94. The summed E-state index contributed by atoms with van der Waals surface area (Å²) in [4.78, 5) is 11.4. The van der Waals surface area contributed by atoms with Gasteiger partial charge in [0, 0.05) is 17.8 Å². The number of hydrogen-bond acceptors (Lipinski definition) is 1. The second-order valence-electron chi connectivity index (χ2n) is 3.32. The van der Waals surface area contributed by atoms with Crippen LogP contribution in [0.5, 0.6) is 0 Å². The van der Waals surface area contributed by atoms with E-state index in [9.17, 15) is 4.79 Å². The van der Waals surface area contributed by atoms with Crippen LogP contribution in [0.2, 0.25) is 0 Å².